The van der Waals surface area contributed by atoms with Crippen molar-refractivity contribution in [1.82, 2.24) is 4.90 Å². The lowest BCUT2D eigenvalue weighted by Gasteiger charge is -2.44. The van der Waals surface area contributed by atoms with Gasteiger partial charge in [-0.05, 0) is 51.3 Å². The SMILES string of the molecule is CC(c1ccccc1)N(C(=O)c1ccccc1F)C1CCOC(C)(C)C1. The van der Waals surface area contributed by atoms with Crippen molar-refractivity contribution >= 4 is 5.91 Å². The number of benzene rings is 2. The predicted molar refractivity (Wildman–Crippen MR) is 100 cm³/mol. The summed E-state index contributed by atoms with van der Waals surface area (Å²) in [7, 11) is 0. The maximum absolute atomic E-state index is 14.3. The summed E-state index contributed by atoms with van der Waals surface area (Å²) >= 11 is 0. The van der Waals surface area contributed by atoms with Gasteiger partial charge >= 0.3 is 0 Å². The van der Waals surface area contributed by atoms with Crippen LogP contribution in [0.15, 0.2) is 54.6 Å². The Bertz CT molecular complexity index is 760. The van der Waals surface area contributed by atoms with Gasteiger partial charge in [-0.15, -0.1) is 0 Å². The molecule has 2 unspecified atom stereocenters. The zero-order valence-electron chi connectivity index (χ0n) is 15.6. The van der Waals surface area contributed by atoms with Crippen molar-refractivity contribution in [1.29, 1.82) is 0 Å². The maximum Gasteiger partial charge on any atom is 0.257 e. The summed E-state index contributed by atoms with van der Waals surface area (Å²) in [6, 6.07) is 16.0. The van der Waals surface area contributed by atoms with Crippen LogP contribution in [0.1, 0.15) is 55.6 Å². The smallest absolute Gasteiger partial charge is 0.257 e. The van der Waals surface area contributed by atoms with Crippen molar-refractivity contribution in [3.63, 3.8) is 0 Å². The number of carbonyl (C=O) groups excluding carboxylic acids is 1. The van der Waals surface area contributed by atoms with Crippen molar-refractivity contribution in [2.75, 3.05) is 6.61 Å². The van der Waals surface area contributed by atoms with E-state index in [9.17, 15) is 9.18 Å². The molecule has 1 fully saturated rings. The number of ether oxygens (including phenoxy) is 1. The average molecular weight is 355 g/mol. The fourth-order valence-corrected chi connectivity index (χ4v) is 3.76. The van der Waals surface area contributed by atoms with Gasteiger partial charge in [-0.2, -0.15) is 0 Å². The first-order chi connectivity index (χ1) is 12.4. The van der Waals surface area contributed by atoms with E-state index >= 15 is 0 Å². The highest BCUT2D eigenvalue weighted by atomic mass is 19.1. The number of hydrogen-bond acceptors (Lipinski definition) is 2. The lowest BCUT2D eigenvalue weighted by Crippen LogP contribution is -2.49. The van der Waals surface area contributed by atoms with Crippen LogP contribution in [-0.2, 0) is 4.74 Å². The van der Waals surface area contributed by atoms with Crippen molar-refractivity contribution in [3.05, 3.63) is 71.5 Å². The largest absolute Gasteiger partial charge is 0.375 e. The summed E-state index contributed by atoms with van der Waals surface area (Å²) in [6.45, 7) is 6.69. The van der Waals surface area contributed by atoms with E-state index in [1.165, 1.54) is 6.07 Å². The third kappa shape index (κ3) is 3.96. The number of nitrogens with zero attached hydrogens (tertiary/aromatic N) is 1. The average Bonchev–Trinajstić information content (AvgIpc) is 2.62. The van der Waals surface area contributed by atoms with Crippen LogP contribution >= 0.6 is 0 Å². The summed E-state index contributed by atoms with van der Waals surface area (Å²) in [5.41, 5.74) is 0.869. The van der Waals surface area contributed by atoms with Gasteiger partial charge in [-0.25, -0.2) is 4.39 Å². The summed E-state index contributed by atoms with van der Waals surface area (Å²) in [5.74, 6) is -0.740. The molecule has 4 heteroatoms. The number of rotatable bonds is 4. The van der Waals surface area contributed by atoms with Crippen LogP contribution in [0.4, 0.5) is 4.39 Å². The Balaban J connectivity index is 1.98. The molecular weight excluding hydrogens is 329 g/mol. The van der Waals surface area contributed by atoms with E-state index in [2.05, 4.69) is 0 Å². The van der Waals surface area contributed by atoms with Gasteiger partial charge in [-0.1, -0.05) is 42.5 Å². The Morgan fingerprint density at radius 1 is 1.15 bits per heavy atom. The van der Waals surface area contributed by atoms with Gasteiger partial charge in [0.15, 0.2) is 0 Å². The minimum atomic E-state index is -0.478. The van der Waals surface area contributed by atoms with Crippen LogP contribution in [0.2, 0.25) is 0 Å². The zero-order chi connectivity index (χ0) is 18.7. The molecule has 0 saturated carbocycles. The third-order valence-corrected chi connectivity index (χ3v) is 5.10. The predicted octanol–water partition coefficient (Wildman–Crippen LogP) is 4.99. The highest BCUT2D eigenvalue weighted by Crippen LogP contribution is 2.34. The summed E-state index contributed by atoms with van der Waals surface area (Å²) in [5, 5.41) is 0. The minimum Gasteiger partial charge on any atom is -0.375 e. The highest BCUT2D eigenvalue weighted by Gasteiger charge is 2.37. The molecule has 138 valence electrons. The molecule has 3 nitrogen and oxygen atoms in total. The van der Waals surface area contributed by atoms with Gasteiger partial charge in [0.1, 0.15) is 5.82 Å². The molecule has 1 heterocycles. The molecule has 0 radical (unpaired) electrons. The lowest BCUT2D eigenvalue weighted by molar-refractivity contribution is -0.0823. The van der Waals surface area contributed by atoms with E-state index in [1.54, 1.807) is 18.2 Å². The van der Waals surface area contributed by atoms with Crippen LogP contribution in [-0.4, -0.2) is 29.1 Å². The fourth-order valence-electron chi connectivity index (χ4n) is 3.76. The molecule has 1 aliphatic heterocycles. The zero-order valence-corrected chi connectivity index (χ0v) is 15.6. The quantitative estimate of drug-likeness (QED) is 0.773. The molecule has 1 amide bonds. The summed E-state index contributed by atoms with van der Waals surface area (Å²) in [6.07, 6.45) is 1.48. The molecule has 0 N–H and O–H groups in total. The molecule has 26 heavy (non-hydrogen) atoms. The molecule has 1 saturated heterocycles. The van der Waals surface area contributed by atoms with Crippen LogP contribution in [0.25, 0.3) is 0 Å². The lowest BCUT2D eigenvalue weighted by atomic mass is 9.90. The molecular formula is C22H26FNO2. The molecule has 2 aromatic carbocycles. The van der Waals surface area contributed by atoms with Crippen molar-refractivity contribution < 1.29 is 13.9 Å². The normalized spacial score (nSPS) is 20.4. The molecule has 0 bridgehead atoms. The topological polar surface area (TPSA) is 29.5 Å². The van der Waals surface area contributed by atoms with Gasteiger partial charge in [0, 0.05) is 12.6 Å². The fraction of sp³-hybridized carbons (Fsp3) is 0.409. The second-order valence-electron chi connectivity index (χ2n) is 7.53. The van der Waals surface area contributed by atoms with Crippen molar-refractivity contribution in [3.8, 4) is 0 Å². The van der Waals surface area contributed by atoms with Crippen LogP contribution < -0.4 is 0 Å². The molecule has 0 spiro atoms. The summed E-state index contributed by atoms with van der Waals surface area (Å²) in [4.78, 5) is 15.2. The van der Waals surface area contributed by atoms with Gasteiger partial charge in [-0.3, -0.25) is 4.79 Å². The number of carbonyl (C=O) groups is 1. The minimum absolute atomic E-state index is 0.000984. The van der Waals surface area contributed by atoms with Crippen molar-refractivity contribution in [2.45, 2.75) is 51.3 Å². The van der Waals surface area contributed by atoms with Crippen LogP contribution in [0, 0.1) is 5.82 Å². The van der Waals surface area contributed by atoms with E-state index in [0.717, 1.165) is 18.4 Å². The van der Waals surface area contributed by atoms with E-state index in [4.69, 9.17) is 4.74 Å². The molecule has 0 aromatic heterocycles. The second-order valence-corrected chi connectivity index (χ2v) is 7.53. The van der Waals surface area contributed by atoms with Crippen LogP contribution in [0.5, 0.6) is 0 Å². The first-order valence-corrected chi connectivity index (χ1v) is 9.15. The number of halogens is 1. The first kappa shape index (κ1) is 18.6. The standard InChI is InChI=1S/C22H26FNO2/c1-16(17-9-5-4-6-10-17)24(18-13-14-26-22(2,3)15-18)21(25)19-11-7-8-12-20(19)23/h4-12,16,18H,13-15H2,1-3H3. The van der Waals surface area contributed by atoms with Gasteiger partial charge in [0.2, 0.25) is 0 Å². The van der Waals surface area contributed by atoms with Gasteiger partial charge < -0.3 is 9.64 Å². The second kappa shape index (κ2) is 7.58. The highest BCUT2D eigenvalue weighted by molar-refractivity contribution is 5.95. The van der Waals surface area contributed by atoms with Gasteiger partial charge in [0.05, 0.1) is 17.2 Å². The first-order valence-electron chi connectivity index (χ1n) is 9.15. The van der Waals surface area contributed by atoms with Gasteiger partial charge in [0.25, 0.3) is 5.91 Å². The van der Waals surface area contributed by atoms with Crippen LogP contribution in [0.3, 0.4) is 0 Å². The van der Waals surface area contributed by atoms with Crippen molar-refractivity contribution in [2.24, 2.45) is 0 Å². The van der Waals surface area contributed by atoms with E-state index in [0.29, 0.717) is 6.61 Å². The maximum atomic E-state index is 14.3. The Hall–Kier alpha value is -2.20. The Kier molecular flexibility index (Phi) is 5.42. The molecule has 0 aliphatic carbocycles. The molecule has 2 aromatic rings. The molecule has 2 atom stereocenters. The Morgan fingerprint density at radius 2 is 1.81 bits per heavy atom. The third-order valence-electron chi connectivity index (χ3n) is 5.10. The van der Waals surface area contributed by atoms with E-state index < -0.39 is 5.82 Å². The Labute approximate surface area is 154 Å². The van der Waals surface area contributed by atoms with E-state index in [-0.39, 0.29) is 29.2 Å². The Morgan fingerprint density at radius 3 is 2.46 bits per heavy atom. The number of amides is 1. The molecule has 1 aliphatic rings. The number of hydrogen-bond donors (Lipinski definition) is 0. The molecule has 3 rings (SSSR count). The summed E-state index contributed by atoms with van der Waals surface area (Å²) < 4.78 is 20.1. The monoisotopic (exact) mass is 355 g/mol. The van der Waals surface area contributed by atoms with E-state index in [1.807, 2.05) is 56.0 Å².